The van der Waals surface area contributed by atoms with Crippen LogP contribution in [0.3, 0.4) is 0 Å². The Kier molecular flexibility index (Phi) is 8.29. The Morgan fingerprint density at radius 3 is 2.68 bits per heavy atom. The lowest BCUT2D eigenvalue weighted by Crippen LogP contribution is -2.28. The number of benzene rings is 2. The fourth-order valence-electron chi connectivity index (χ4n) is 3.04. The van der Waals surface area contributed by atoms with E-state index in [0.717, 1.165) is 6.54 Å². The van der Waals surface area contributed by atoms with Crippen molar-refractivity contribution in [1.82, 2.24) is 10.6 Å². The van der Waals surface area contributed by atoms with E-state index in [1.54, 1.807) is 0 Å². The maximum atomic E-state index is 11.7. The van der Waals surface area contributed by atoms with Crippen LogP contribution in [0.1, 0.15) is 52.1 Å². The molecule has 0 saturated heterocycles. The third-order valence-electron chi connectivity index (χ3n) is 4.40. The third-order valence-corrected chi connectivity index (χ3v) is 4.40. The van der Waals surface area contributed by atoms with Crippen molar-refractivity contribution >= 4 is 16.7 Å². The van der Waals surface area contributed by atoms with Crippen LogP contribution >= 0.6 is 0 Å². The molecule has 0 fully saturated rings. The van der Waals surface area contributed by atoms with Gasteiger partial charge in [-0.3, -0.25) is 4.79 Å². The summed E-state index contributed by atoms with van der Waals surface area (Å²) >= 11 is 0. The van der Waals surface area contributed by atoms with Gasteiger partial charge in [-0.2, -0.15) is 0 Å². The zero-order valence-electron chi connectivity index (χ0n) is 17.5. The van der Waals surface area contributed by atoms with Gasteiger partial charge in [0.15, 0.2) is 0 Å². The van der Waals surface area contributed by atoms with Crippen LogP contribution in [0.4, 0.5) is 0 Å². The Balaban J connectivity index is 1.70. The minimum atomic E-state index is 0.0225. The second-order valence-electron chi connectivity index (χ2n) is 8.26. The normalized spacial score (nSPS) is 12.6. The van der Waals surface area contributed by atoms with Crippen LogP contribution in [-0.2, 0) is 4.79 Å². The predicted octanol–water partition coefficient (Wildman–Crippen LogP) is 4.99. The van der Waals surface area contributed by atoms with Crippen molar-refractivity contribution < 1.29 is 4.79 Å². The molecule has 0 heterocycles. The molecule has 1 atom stereocenters. The van der Waals surface area contributed by atoms with E-state index < -0.39 is 0 Å². The summed E-state index contributed by atoms with van der Waals surface area (Å²) in [5.74, 6) is 6.19. The molecular formula is C25H32N2O. The highest BCUT2D eigenvalue weighted by Crippen LogP contribution is 2.23. The number of carbonyl (C=O) groups is 1. The summed E-state index contributed by atoms with van der Waals surface area (Å²) in [6.45, 7) is 9.74. The van der Waals surface area contributed by atoms with Gasteiger partial charge in [-0.1, -0.05) is 81.2 Å². The van der Waals surface area contributed by atoms with Crippen LogP contribution in [0, 0.1) is 17.3 Å². The van der Waals surface area contributed by atoms with Gasteiger partial charge in [0.25, 0.3) is 0 Å². The average Bonchev–Trinajstić information content (AvgIpc) is 2.64. The van der Waals surface area contributed by atoms with Gasteiger partial charge < -0.3 is 10.6 Å². The van der Waals surface area contributed by atoms with E-state index in [1.165, 1.54) is 16.3 Å². The van der Waals surface area contributed by atoms with Crippen LogP contribution in [0.25, 0.3) is 10.8 Å². The number of hydrogen-bond acceptors (Lipinski definition) is 2. The van der Waals surface area contributed by atoms with Gasteiger partial charge >= 0.3 is 0 Å². The van der Waals surface area contributed by atoms with Gasteiger partial charge in [-0.05, 0) is 34.8 Å². The lowest BCUT2D eigenvalue weighted by atomic mass is 9.92. The number of amides is 1. The molecule has 0 aromatic heterocycles. The maximum absolute atomic E-state index is 11.7. The Hall–Kier alpha value is -2.57. The predicted molar refractivity (Wildman–Crippen MR) is 119 cm³/mol. The fourth-order valence-corrected chi connectivity index (χ4v) is 3.04. The molecule has 3 heteroatoms. The van der Waals surface area contributed by atoms with Gasteiger partial charge in [-0.25, -0.2) is 0 Å². The quantitative estimate of drug-likeness (QED) is 0.528. The van der Waals surface area contributed by atoms with Crippen molar-refractivity contribution in [1.29, 1.82) is 0 Å². The molecule has 0 bridgehead atoms. The van der Waals surface area contributed by atoms with Crippen LogP contribution in [0.5, 0.6) is 0 Å². The molecule has 28 heavy (non-hydrogen) atoms. The zero-order chi connectivity index (χ0) is 20.4. The van der Waals surface area contributed by atoms with Gasteiger partial charge in [-0.15, -0.1) is 0 Å². The van der Waals surface area contributed by atoms with Crippen molar-refractivity contribution in [3.63, 3.8) is 0 Å². The van der Waals surface area contributed by atoms with E-state index in [1.807, 2.05) is 12.2 Å². The molecule has 1 amide bonds. The molecule has 148 valence electrons. The summed E-state index contributed by atoms with van der Waals surface area (Å²) in [4.78, 5) is 11.7. The van der Waals surface area contributed by atoms with E-state index >= 15 is 0 Å². The van der Waals surface area contributed by atoms with Crippen LogP contribution < -0.4 is 10.6 Å². The fraction of sp³-hybridized carbons (Fsp3) is 0.400. The van der Waals surface area contributed by atoms with E-state index in [4.69, 9.17) is 0 Å². The van der Waals surface area contributed by atoms with E-state index in [0.29, 0.717) is 19.4 Å². The standard InChI is InChI=1S/C25H32N2O/c1-20(22-16-12-14-21-13-8-9-15-23(21)22)26-17-10-6-5-7-11-18-27-24(28)19-25(2,3)4/h6,8-10,12-16,20,26H,11,17-19H2,1-4H3,(H,27,28)/b10-6+/t20-/m1/s1. The molecule has 0 aliphatic heterocycles. The highest BCUT2D eigenvalue weighted by Gasteiger charge is 2.14. The Bertz CT molecular complexity index is 860. The van der Waals surface area contributed by atoms with Gasteiger partial charge in [0.05, 0.1) is 0 Å². The van der Waals surface area contributed by atoms with Gasteiger partial charge in [0.2, 0.25) is 5.91 Å². The Morgan fingerprint density at radius 1 is 1.14 bits per heavy atom. The van der Waals surface area contributed by atoms with E-state index in [-0.39, 0.29) is 17.4 Å². The lowest BCUT2D eigenvalue weighted by Gasteiger charge is -2.16. The summed E-state index contributed by atoms with van der Waals surface area (Å²) in [5.41, 5.74) is 1.33. The number of rotatable bonds is 7. The highest BCUT2D eigenvalue weighted by atomic mass is 16.1. The smallest absolute Gasteiger partial charge is 0.220 e. The van der Waals surface area contributed by atoms with Crippen molar-refractivity contribution in [3.8, 4) is 11.8 Å². The number of carbonyl (C=O) groups excluding carboxylic acids is 1. The monoisotopic (exact) mass is 376 g/mol. The topological polar surface area (TPSA) is 41.1 Å². The van der Waals surface area contributed by atoms with E-state index in [9.17, 15) is 4.79 Å². The van der Waals surface area contributed by atoms with Crippen LogP contribution in [0.2, 0.25) is 0 Å². The first-order chi connectivity index (χ1) is 13.4. The highest BCUT2D eigenvalue weighted by molar-refractivity contribution is 5.86. The molecule has 0 radical (unpaired) electrons. The second kappa shape index (κ2) is 10.7. The van der Waals surface area contributed by atoms with E-state index in [2.05, 4.69) is 92.6 Å². The van der Waals surface area contributed by atoms with Crippen LogP contribution in [0.15, 0.2) is 54.6 Å². The molecule has 2 aromatic rings. The number of allylic oxidation sites excluding steroid dienone is 1. The molecule has 3 nitrogen and oxygen atoms in total. The first-order valence-electron chi connectivity index (χ1n) is 9.98. The minimum absolute atomic E-state index is 0.0225. The Morgan fingerprint density at radius 2 is 1.89 bits per heavy atom. The van der Waals surface area contributed by atoms with Crippen molar-refractivity contribution in [2.75, 3.05) is 13.1 Å². The molecule has 0 unspecified atom stereocenters. The average molecular weight is 377 g/mol. The molecular weight excluding hydrogens is 344 g/mol. The summed E-state index contributed by atoms with van der Waals surface area (Å²) in [6.07, 6.45) is 5.12. The summed E-state index contributed by atoms with van der Waals surface area (Å²) < 4.78 is 0. The minimum Gasteiger partial charge on any atom is -0.355 e. The third kappa shape index (κ3) is 7.58. The molecule has 0 spiro atoms. The molecule has 0 aliphatic rings. The summed E-state index contributed by atoms with van der Waals surface area (Å²) in [7, 11) is 0. The van der Waals surface area contributed by atoms with Crippen molar-refractivity contribution in [2.24, 2.45) is 5.41 Å². The van der Waals surface area contributed by atoms with Crippen LogP contribution in [-0.4, -0.2) is 19.0 Å². The van der Waals surface area contributed by atoms with Crippen molar-refractivity contribution in [3.05, 3.63) is 60.2 Å². The summed E-state index contributed by atoms with van der Waals surface area (Å²) in [5, 5.41) is 8.99. The molecule has 0 saturated carbocycles. The first kappa shape index (κ1) is 21.7. The molecule has 0 aliphatic carbocycles. The Labute approximate surface area is 169 Å². The van der Waals surface area contributed by atoms with Crippen molar-refractivity contribution in [2.45, 2.75) is 46.6 Å². The SMILES string of the molecule is C[C@@H](NC/C=C/C#CCCNC(=O)CC(C)(C)C)c1cccc2ccccc12. The molecule has 2 N–H and O–H groups in total. The first-order valence-corrected chi connectivity index (χ1v) is 9.98. The largest absolute Gasteiger partial charge is 0.355 e. The van der Waals surface area contributed by atoms with Gasteiger partial charge in [0.1, 0.15) is 0 Å². The lowest BCUT2D eigenvalue weighted by molar-refractivity contribution is -0.122. The number of nitrogens with one attached hydrogen (secondary N) is 2. The van der Waals surface area contributed by atoms with Gasteiger partial charge in [0, 0.05) is 32.0 Å². The second-order valence-corrected chi connectivity index (χ2v) is 8.26. The number of fused-ring (bicyclic) bond motifs is 1. The molecule has 2 rings (SSSR count). The molecule has 2 aromatic carbocycles. The zero-order valence-corrected chi connectivity index (χ0v) is 17.5. The number of hydrogen-bond donors (Lipinski definition) is 2. The maximum Gasteiger partial charge on any atom is 0.220 e. The summed E-state index contributed by atoms with van der Waals surface area (Å²) in [6, 6.07) is 15.2.